The Balaban J connectivity index is 1.25. The molecule has 3 fully saturated rings. The average molecular weight is 492 g/mol. The molecule has 4 rings (SSSR count). The Morgan fingerprint density at radius 2 is 1.74 bits per heavy atom. The van der Waals surface area contributed by atoms with Gasteiger partial charge in [-0.15, -0.1) is 0 Å². The monoisotopic (exact) mass is 491 g/mol. The lowest BCUT2D eigenvalue weighted by Gasteiger charge is -2.33. The third-order valence-corrected chi connectivity index (χ3v) is 7.45. The molecule has 3 N–H and O–H groups in total. The first-order valence-corrected chi connectivity index (χ1v) is 13.0. The zero-order chi connectivity index (χ0) is 24.8. The van der Waals surface area contributed by atoms with Crippen molar-refractivity contribution < 1.29 is 13.6 Å². The van der Waals surface area contributed by atoms with E-state index in [0.29, 0.717) is 24.5 Å². The average Bonchev–Trinajstić information content (AvgIpc) is 3.03. The molecule has 3 aliphatic rings. The number of alkyl halides is 2. The molecule has 0 radical (unpaired) electrons. The molecule has 0 atom stereocenters. The number of nitrogens with zero attached hydrogens (tertiary/aromatic N) is 4. The van der Waals surface area contributed by atoms with Crippen molar-refractivity contribution in [2.45, 2.75) is 56.9 Å². The number of aromatic nitrogens is 1. The summed E-state index contributed by atoms with van der Waals surface area (Å²) in [5.41, 5.74) is 0.421. The SMILES string of the molecule is CNc1nc(N2CCCCCC2)ccc1C(=N)C(=O)NC1CCN(CCN2CCC(F)(F)C2)CC1. The lowest BCUT2D eigenvalue weighted by Crippen LogP contribution is -2.48. The molecule has 194 valence electrons. The molecule has 0 spiro atoms. The van der Waals surface area contributed by atoms with Crippen LogP contribution in [0.4, 0.5) is 20.4 Å². The minimum atomic E-state index is -2.54. The molecule has 10 heteroatoms. The minimum Gasteiger partial charge on any atom is -0.373 e. The summed E-state index contributed by atoms with van der Waals surface area (Å²) in [7, 11) is 1.77. The van der Waals surface area contributed by atoms with Gasteiger partial charge in [-0.1, -0.05) is 12.8 Å². The first kappa shape index (κ1) is 25.8. The Labute approximate surface area is 206 Å². The van der Waals surface area contributed by atoms with E-state index in [-0.39, 0.29) is 30.6 Å². The van der Waals surface area contributed by atoms with Crippen molar-refractivity contribution in [1.82, 2.24) is 20.1 Å². The number of nitrogens with one attached hydrogen (secondary N) is 3. The van der Waals surface area contributed by atoms with E-state index in [1.807, 2.05) is 17.0 Å². The summed E-state index contributed by atoms with van der Waals surface area (Å²) in [5.74, 6) is -1.49. The highest BCUT2D eigenvalue weighted by Gasteiger charge is 2.38. The van der Waals surface area contributed by atoms with Crippen molar-refractivity contribution in [2.75, 3.05) is 69.6 Å². The van der Waals surface area contributed by atoms with Crippen LogP contribution in [0.2, 0.25) is 0 Å². The first-order valence-electron chi connectivity index (χ1n) is 13.0. The number of pyridine rings is 1. The van der Waals surface area contributed by atoms with Crippen LogP contribution >= 0.6 is 0 Å². The first-order chi connectivity index (χ1) is 16.8. The van der Waals surface area contributed by atoms with Crippen molar-refractivity contribution in [2.24, 2.45) is 0 Å². The summed E-state index contributed by atoms with van der Waals surface area (Å²) in [6.07, 6.45) is 6.34. The molecule has 0 aromatic carbocycles. The fourth-order valence-corrected chi connectivity index (χ4v) is 5.28. The van der Waals surface area contributed by atoms with E-state index in [9.17, 15) is 13.6 Å². The van der Waals surface area contributed by atoms with Gasteiger partial charge in [-0.05, 0) is 37.8 Å². The highest BCUT2D eigenvalue weighted by atomic mass is 19.3. The van der Waals surface area contributed by atoms with Gasteiger partial charge in [0.15, 0.2) is 0 Å². The number of amides is 1. The second kappa shape index (κ2) is 11.6. The van der Waals surface area contributed by atoms with Crippen molar-refractivity contribution in [3.05, 3.63) is 17.7 Å². The van der Waals surface area contributed by atoms with Crippen LogP contribution in [0.15, 0.2) is 12.1 Å². The number of piperidine rings is 1. The number of hydrogen-bond acceptors (Lipinski definition) is 7. The summed E-state index contributed by atoms with van der Waals surface area (Å²) in [6.45, 7) is 5.35. The smallest absolute Gasteiger partial charge is 0.270 e. The van der Waals surface area contributed by atoms with Gasteiger partial charge in [0.2, 0.25) is 0 Å². The van der Waals surface area contributed by atoms with Crippen LogP contribution in [0.5, 0.6) is 0 Å². The molecular weight excluding hydrogens is 452 g/mol. The van der Waals surface area contributed by atoms with E-state index in [2.05, 4.69) is 20.4 Å². The van der Waals surface area contributed by atoms with Crippen molar-refractivity contribution >= 4 is 23.3 Å². The van der Waals surface area contributed by atoms with Crippen LogP contribution in [-0.4, -0.2) is 97.8 Å². The topological polar surface area (TPSA) is 87.6 Å². The molecule has 3 aliphatic heterocycles. The molecule has 0 unspecified atom stereocenters. The summed E-state index contributed by atoms with van der Waals surface area (Å²) in [5, 5.41) is 14.6. The van der Waals surface area contributed by atoms with E-state index in [0.717, 1.165) is 64.2 Å². The molecule has 8 nitrogen and oxygen atoms in total. The Morgan fingerprint density at radius 3 is 2.37 bits per heavy atom. The number of hydrogen-bond donors (Lipinski definition) is 3. The molecule has 0 saturated carbocycles. The largest absolute Gasteiger partial charge is 0.373 e. The fraction of sp³-hybridized carbons (Fsp3) is 0.720. The predicted molar refractivity (Wildman–Crippen MR) is 135 cm³/mol. The van der Waals surface area contributed by atoms with Crippen LogP contribution in [-0.2, 0) is 4.79 Å². The van der Waals surface area contributed by atoms with Gasteiger partial charge in [0.1, 0.15) is 17.3 Å². The highest BCUT2D eigenvalue weighted by Crippen LogP contribution is 2.26. The van der Waals surface area contributed by atoms with Crippen LogP contribution in [0.3, 0.4) is 0 Å². The van der Waals surface area contributed by atoms with Crippen molar-refractivity contribution in [3.8, 4) is 0 Å². The summed E-state index contributed by atoms with van der Waals surface area (Å²) in [4.78, 5) is 24.0. The van der Waals surface area contributed by atoms with Crippen LogP contribution in [0.1, 0.15) is 50.5 Å². The Bertz CT molecular complexity index is 881. The number of likely N-dealkylation sites (tertiary alicyclic amines) is 2. The van der Waals surface area contributed by atoms with E-state index in [4.69, 9.17) is 10.4 Å². The molecule has 0 aliphatic carbocycles. The Kier molecular flexibility index (Phi) is 8.54. The highest BCUT2D eigenvalue weighted by molar-refractivity contribution is 6.45. The minimum absolute atomic E-state index is 0.0117. The van der Waals surface area contributed by atoms with Gasteiger partial charge in [-0.2, -0.15) is 0 Å². The second-order valence-corrected chi connectivity index (χ2v) is 10.1. The van der Waals surface area contributed by atoms with Crippen molar-refractivity contribution in [3.63, 3.8) is 0 Å². The molecule has 1 amide bonds. The van der Waals surface area contributed by atoms with E-state index in [1.54, 1.807) is 7.05 Å². The van der Waals surface area contributed by atoms with Crippen LogP contribution in [0.25, 0.3) is 0 Å². The number of rotatable bonds is 8. The van der Waals surface area contributed by atoms with Gasteiger partial charge < -0.3 is 20.4 Å². The summed E-state index contributed by atoms with van der Waals surface area (Å²) >= 11 is 0. The predicted octanol–water partition coefficient (Wildman–Crippen LogP) is 2.79. The zero-order valence-electron chi connectivity index (χ0n) is 20.8. The van der Waals surface area contributed by atoms with E-state index >= 15 is 0 Å². The maximum Gasteiger partial charge on any atom is 0.270 e. The second-order valence-electron chi connectivity index (χ2n) is 10.1. The molecule has 35 heavy (non-hydrogen) atoms. The zero-order valence-corrected chi connectivity index (χ0v) is 20.8. The number of halogens is 2. The molecular formula is C25H39F2N7O. The molecule has 4 heterocycles. The third-order valence-electron chi connectivity index (χ3n) is 7.45. The van der Waals surface area contributed by atoms with Crippen LogP contribution in [0, 0.1) is 5.41 Å². The Hall–Kier alpha value is -2.33. The third kappa shape index (κ3) is 6.88. The number of carbonyl (C=O) groups excluding carboxylic acids is 1. The van der Waals surface area contributed by atoms with Gasteiger partial charge in [-0.25, -0.2) is 13.8 Å². The van der Waals surface area contributed by atoms with Gasteiger partial charge in [0.05, 0.1) is 6.54 Å². The normalized spacial score (nSPS) is 22.1. The lowest BCUT2D eigenvalue weighted by molar-refractivity contribution is -0.115. The fourth-order valence-electron chi connectivity index (χ4n) is 5.28. The van der Waals surface area contributed by atoms with Crippen LogP contribution < -0.4 is 15.5 Å². The maximum absolute atomic E-state index is 13.4. The molecule has 1 aromatic heterocycles. The molecule has 0 bridgehead atoms. The maximum atomic E-state index is 13.4. The lowest BCUT2D eigenvalue weighted by atomic mass is 10.0. The quantitative estimate of drug-likeness (QED) is 0.485. The van der Waals surface area contributed by atoms with Crippen molar-refractivity contribution in [1.29, 1.82) is 5.41 Å². The standard InChI is InChI=1S/C25H39F2N7O/c1-29-23-20(6-7-21(31-23)34-11-4-2-3-5-12-34)22(28)24(35)30-19-8-13-32(14-9-19)16-17-33-15-10-25(26,27)18-33/h6-7,19,28H,2-5,8-18H2,1H3,(H,29,31)(H,30,35). The molecule has 3 saturated heterocycles. The van der Waals surface area contributed by atoms with Gasteiger partial charge in [-0.3, -0.25) is 15.1 Å². The summed E-state index contributed by atoms with van der Waals surface area (Å²) in [6, 6.07) is 3.75. The van der Waals surface area contributed by atoms with E-state index < -0.39 is 5.92 Å². The molecule has 1 aromatic rings. The Morgan fingerprint density at radius 1 is 1.06 bits per heavy atom. The summed E-state index contributed by atoms with van der Waals surface area (Å²) < 4.78 is 26.7. The number of anilines is 2. The van der Waals surface area contributed by atoms with Gasteiger partial charge in [0.25, 0.3) is 11.8 Å². The van der Waals surface area contributed by atoms with Gasteiger partial charge >= 0.3 is 0 Å². The number of carbonyl (C=O) groups is 1. The van der Waals surface area contributed by atoms with E-state index in [1.165, 1.54) is 12.8 Å². The van der Waals surface area contributed by atoms with Gasteiger partial charge in [0, 0.05) is 70.9 Å².